The number of nitrogens with one attached hydrogen (secondary N) is 6. The highest BCUT2D eigenvalue weighted by atomic mass is 32.2. The van der Waals surface area contributed by atoms with Crippen molar-refractivity contribution in [3.8, 4) is 5.75 Å². The number of rotatable bonds is 30. The van der Waals surface area contributed by atoms with Crippen molar-refractivity contribution in [2.24, 2.45) is 39.6 Å². The summed E-state index contributed by atoms with van der Waals surface area (Å²) in [6, 6.07) is -4.69. The van der Waals surface area contributed by atoms with Crippen LogP contribution in [0.3, 0.4) is 0 Å². The molecule has 0 aromatic heterocycles. The lowest BCUT2D eigenvalue weighted by Gasteiger charge is -2.28. The van der Waals surface area contributed by atoms with Gasteiger partial charge in [0.05, 0.1) is 12.5 Å². The van der Waals surface area contributed by atoms with Crippen molar-refractivity contribution in [2.45, 2.75) is 121 Å². The summed E-state index contributed by atoms with van der Waals surface area (Å²) in [5.41, 5.74) is 27.6. The van der Waals surface area contributed by atoms with E-state index in [-0.39, 0.29) is 56.3 Å². The molecule has 0 saturated carbocycles. The number of phenolic OH excluding ortho intramolecular Hbond substituents is 1. The Morgan fingerprint density at radius 2 is 1.14 bits per heavy atom. The van der Waals surface area contributed by atoms with E-state index < -0.39 is 121 Å². The van der Waals surface area contributed by atoms with Crippen LogP contribution in [-0.4, -0.2) is 141 Å². The SMILES string of the molecule is CSCC[C@H](NC(=O)[C@H](CC(N)=O)NC(=O)[C@H](CCC(N)=O)NC(=O)[C@H](Cc1ccc(O)cc1)NC(=O)[C@@H](N)[C@@H](C)O)C(=O)N[C@@H](CC(C)C)C(=O)N[C@@H](CCCN=C(N)N)C(=O)O. The second-order valence-corrected chi connectivity index (χ2v) is 16.4. The number of carboxylic acid groups (broad SMARTS) is 1. The summed E-state index contributed by atoms with van der Waals surface area (Å²) in [6.45, 7) is 4.88. The molecule has 0 saturated heterocycles. The van der Waals surface area contributed by atoms with Crippen LogP contribution in [0.5, 0.6) is 5.75 Å². The van der Waals surface area contributed by atoms with Gasteiger partial charge < -0.3 is 75.9 Å². The molecular weight excluding hydrogens is 861 g/mol. The first kappa shape index (κ1) is 55.8. The Morgan fingerprint density at radius 1 is 0.656 bits per heavy atom. The standard InChI is InChI=1S/C39H64N12O12S/c1-19(2)16-26(34(58)48-25(38(62)63)6-5-14-45-39(43)44)49-33(57)24(13-15-64-4)47-36(60)28(18-30(41)55)50-32(56)23(11-12-29(40)54)46-35(59)27(51-37(61)31(42)20(3)52)17-21-7-9-22(53)10-8-21/h7-10,19-20,23-28,31,52-53H,5-6,11-18,42H2,1-4H3,(H2,40,54)(H2,41,55)(H,46,59)(H,47,60)(H,48,58)(H,49,57)(H,50,56)(H,51,61)(H,62,63)(H4,43,44,45)/t20-,23+,24+,25+,26+,27+,28+,31+/m1/s1. The molecule has 1 rings (SSSR count). The van der Waals surface area contributed by atoms with E-state index in [1.165, 1.54) is 43.0 Å². The zero-order chi connectivity index (χ0) is 48.7. The number of aliphatic hydroxyl groups excluding tert-OH is 1. The molecule has 0 spiro atoms. The van der Waals surface area contributed by atoms with Gasteiger partial charge >= 0.3 is 5.97 Å². The van der Waals surface area contributed by atoms with Crippen LogP contribution in [0.4, 0.5) is 0 Å². The summed E-state index contributed by atoms with van der Waals surface area (Å²) in [7, 11) is 0. The van der Waals surface area contributed by atoms with E-state index in [9.17, 15) is 58.5 Å². The van der Waals surface area contributed by atoms with Crippen molar-refractivity contribution in [3.63, 3.8) is 0 Å². The van der Waals surface area contributed by atoms with E-state index in [1.807, 2.05) is 0 Å². The quantitative estimate of drug-likeness (QED) is 0.0197. The van der Waals surface area contributed by atoms with Crippen LogP contribution in [0, 0.1) is 5.92 Å². The highest BCUT2D eigenvalue weighted by molar-refractivity contribution is 7.98. The number of aliphatic hydroxyl groups is 1. The van der Waals surface area contributed by atoms with Gasteiger partial charge in [0.1, 0.15) is 48.0 Å². The highest BCUT2D eigenvalue weighted by Crippen LogP contribution is 2.13. The maximum Gasteiger partial charge on any atom is 0.326 e. The smallest absolute Gasteiger partial charge is 0.326 e. The van der Waals surface area contributed by atoms with E-state index in [0.29, 0.717) is 11.3 Å². The lowest BCUT2D eigenvalue weighted by molar-refractivity contribution is -0.142. The molecule has 0 aliphatic heterocycles. The number of nitrogens with two attached hydrogens (primary N) is 5. The number of hydrogen-bond donors (Lipinski definition) is 14. The molecule has 25 heteroatoms. The topological polar surface area (TPSA) is 429 Å². The third kappa shape index (κ3) is 21.7. The van der Waals surface area contributed by atoms with E-state index >= 15 is 0 Å². The zero-order valence-corrected chi connectivity index (χ0v) is 37.2. The van der Waals surface area contributed by atoms with Crippen molar-refractivity contribution in [1.82, 2.24) is 31.9 Å². The van der Waals surface area contributed by atoms with Crippen molar-refractivity contribution in [3.05, 3.63) is 29.8 Å². The van der Waals surface area contributed by atoms with Gasteiger partial charge in [-0.3, -0.25) is 43.3 Å². The number of nitrogens with zero attached hydrogens (tertiary/aromatic N) is 1. The fourth-order valence-electron chi connectivity index (χ4n) is 5.86. The summed E-state index contributed by atoms with van der Waals surface area (Å²) in [5.74, 6) is -9.17. The summed E-state index contributed by atoms with van der Waals surface area (Å²) >= 11 is 1.31. The third-order valence-electron chi connectivity index (χ3n) is 9.33. The summed E-state index contributed by atoms with van der Waals surface area (Å²) in [5, 5.41) is 43.9. The average molecular weight is 925 g/mol. The van der Waals surface area contributed by atoms with Gasteiger partial charge in [-0.15, -0.1) is 0 Å². The van der Waals surface area contributed by atoms with Gasteiger partial charge in [-0.25, -0.2) is 4.79 Å². The monoisotopic (exact) mass is 924 g/mol. The number of carbonyl (C=O) groups is 9. The molecule has 0 fully saturated rings. The molecule has 0 heterocycles. The normalized spacial score (nSPS) is 14.7. The summed E-state index contributed by atoms with van der Waals surface area (Å²) < 4.78 is 0. The molecular formula is C39H64N12O12S. The molecule has 0 bridgehead atoms. The maximum atomic E-state index is 13.8. The van der Waals surface area contributed by atoms with Crippen LogP contribution in [0.1, 0.15) is 71.3 Å². The van der Waals surface area contributed by atoms with Crippen molar-refractivity contribution >= 4 is 70.9 Å². The molecule has 8 amide bonds. The Kier molecular flexibility index (Phi) is 24.8. The Balaban J connectivity index is 3.41. The number of phenols is 1. The van der Waals surface area contributed by atoms with Crippen LogP contribution in [0.2, 0.25) is 0 Å². The molecule has 1 aromatic rings. The maximum absolute atomic E-state index is 13.8. The van der Waals surface area contributed by atoms with Crippen molar-refractivity contribution < 1.29 is 58.5 Å². The molecule has 8 atom stereocenters. The summed E-state index contributed by atoms with van der Waals surface area (Å²) in [4.78, 5) is 121. The number of aromatic hydroxyl groups is 1. The first-order valence-electron chi connectivity index (χ1n) is 20.3. The Bertz CT molecular complexity index is 1800. The number of hydrogen-bond acceptors (Lipinski definition) is 14. The predicted octanol–water partition coefficient (Wildman–Crippen LogP) is -4.37. The first-order valence-corrected chi connectivity index (χ1v) is 21.7. The number of primary amides is 2. The van der Waals surface area contributed by atoms with Gasteiger partial charge in [0.2, 0.25) is 47.3 Å². The van der Waals surface area contributed by atoms with Crippen molar-refractivity contribution in [2.75, 3.05) is 18.6 Å². The molecule has 19 N–H and O–H groups in total. The molecule has 0 radical (unpaired) electrons. The van der Waals surface area contributed by atoms with E-state index in [0.717, 1.165) is 0 Å². The highest BCUT2D eigenvalue weighted by Gasteiger charge is 2.35. The number of benzene rings is 1. The lowest BCUT2D eigenvalue weighted by Crippen LogP contribution is -2.60. The minimum Gasteiger partial charge on any atom is -0.508 e. The number of guanidine groups is 1. The molecule has 64 heavy (non-hydrogen) atoms. The molecule has 0 aliphatic carbocycles. The lowest BCUT2D eigenvalue weighted by atomic mass is 10.0. The predicted molar refractivity (Wildman–Crippen MR) is 235 cm³/mol. The number of aliphatic carboxylic acids is 1. The Morgan fingerprint density at radius 3 is 1.64 bits per heavy atom. The largest absolute Gasteiger partial charge is 0.508 e. The second kappa shape index (κ2) is 28.5. The van der Waals surface area contributed by atoms with Gasteiger partial charge in [0.25, 0.3) is 0 Å². The fraction of sp³-hybridized carbons (Fsp3) is 0.590. The van der Waals surface area contributed by atoms with Crippen LogP contribution in [0.25, 0.3) is 0 Å². The molecule has 1 aromatic carbocycles. The molecule has 24 nitrogen and oxygen atoms in total. The Labute approximate surface area is 374 Å². The fourth-order valence-corrected chi connectivity index (χ4v) is 6.33. The zero-order valence-electron chi connectivity index (χ0n) is 36.3. The van der Waals surface area contributed by atoms with E-state index in [2.05, 4.69) is 36.9 Å². The third-order valence-corrected chi connectivity index (χ3v) is 9.97. The van der Waals surface area contributed by atoms with Crippen LogP contribution < -0.4 is 60.6 Å². The van der Waals surface area contributed by atoms with Gasteiger partial charge in [-0.1, -0.05) is 26.0 Å². The summed E-state index contributed by atoms with van der Waals surface area (Å²) in [6.07, 6.45) is -1.27. The minimum atomic E-state index is -1.76. The van der Waals surface area contributed by atoms with Crippen molar-refractivity contribution in [1.29, 1.82) is 0 Å². The average Bonchev–Trinajstić information content (AvgIpc) is 3.20. The van der Waals surface area contributed by atoms with Gasteiger partial charge in [-0.05, 0) is 74.7 Å². The Hall–Kier alpha value is -6.21. The molecule has 0 unspecified atom stereocenters. The van der Waals surface area contributed by atoms with Gasteiger partial charge in [-0.2, -0.15) is 11.8 Å². The van der Waals surface area contributed by atoms with E-state index in [1.54, 1.807) is 20.1 Å². The molecule has 358 valence electrons. The number of thioether (sulfide) groups is 1. The number of carbonyl (C=O) groups excluding carboxylic acids is 8. The first-order chi connectivity index (χ1) is 29.9. The number of carboxylic acids is 1. The number of amides is 8. The van der Waals surface area contributed by atoms with Gasteiger partial charge in [0, 0.05) is 19.4 Å². The van der Waals surface area contributed by atoms with Crippen LogP contribution >= 0.6 is 11.8 Å². The number of aliphatic imine (C=N–C) groups is 1. The second-order valence-electron chi connectivity index (χ2n) is 15.4. The van der Waals surface area contributed by atoms with Gasteiger partial charge in [0.15, 0.2) is 5.96 Å². The van der Waals surface area contributed by atoms with E-state index in [4.69, 9.17) is 28.7 Å². The van der Waals surface area contributed by atoms with Crippen LogP contribution in [0.15, 0.2) is 29.3 Å². The minimum absolute atomic E-state index is 0.0152. The van der Waals surface area contributed by atoms with Crippen LogP contribution in [-0.2, 0) is 49.6 Å². The molecule has 0 aliphatic rings.